The lowest BCUT2D eigenvalue weighted by molar-refractivity contribution is -0.138. The SMILES string of the molecule is C[C@@H](N)C(=O)O.O=C(O)C=CC(=O)O. The van der Waals surface area contributed by atoms with Gasteiger partial charge in [0.05, 0.1) is 0 Å². The first kappa shape index (κ1) is 14.6. The van der Waals surface area contributed by atoms with Crippen LogP contribution in [0.25, 0.3) is 0 Å². The van der Waals surface area contributed by atoms with E-state index in [1.54, 1.807) is 0 Å². The summed E-state index contributed by atoms with van der Waals surface area (Å²) in [5.74, 6) is -3.48. The lowest BCUT2D eigenvalue weighted by Gasteiger charge is -1.90. The van der Waals surface area contributed by atoms with Gasteiger partial charge in [0.1, 0.15) is 6.04 Å². The molecule has 0 fully saturated rings. The first-order chi connectivity index (χ1) is 6.27. The zero-order chi connectivity index (χ0) is 11.7. The molecule has 5 N–H and O–H groups in total. The number of carbonyl (C=O) groups is 3. The van der Waals surface area contributed by atoms with Crippen LogP contribution in [0.3, 0.4) is 0 Å². The van der Waals surface area contributed by atoms with Crippen molar-refractivity contribution in [2.45, 2.75) is 13.0 Å². The topological polar surface area (TPSA) is 138 Å². The van der Waals surface area contributed by atoms with Gasteiger partial charge in [-0.2, -0.15) is 0 Å². The van der Waals surface area contributed by atoms with Gasteiger partial charge in [0.15, 0.2) is 0 Å². The van der Waals surface area contributed by atoms with E-state index < -0.39 is 23.9 Å². The maximum absolute atomic E-state index is 9.57. The van der Waals surface area contributed by atoms with E-state index in [2.05, 4.69) is 0 Å². The van der Waals surface area contributed by atoms with Crippen molar-refractivity contribution in [1.29, 1.82) is 0 Å². The van der Waals surface area contributed by atoms with Crippen molar-refractivity contribution in [3.8, 4) is 0 Å². The molecule has 0 aliphatic carbocycles. The maximum Gasteiger partial charge on any atom is 0.328 e. The minimum absolute atomic E-state index is 0.558. The van der Waals surface area contributed by atoms with Gasteiger partial charge in [-0.3, -0.25) is 4.79 Å². The molecule has 0 aromatic heterocycles. The van der Waals surface area contributed by atoms with Crippen molar-refractivity contribution in [1.82, 2.24) is 0 Å². The normalized spacial score (nSPS) is 11.3. The average Bonchev–Trinajstić information content (AvgIpc) is 2.01. The molecule has 7 nitrogen and oxygen atoms in total. The van der Waals surface area contributed by atoms with Crippen LogP contribution in [0.5, 0.6) is 0 Å². The summed E-state index contributed by atoms with van der Waals surface area (Å²) in [6.45, 7) is 1.42. The van der Waals surface area contributed by atoms with Crippen molar-refractivity contribution in [2.24, 2.45) is 5.73 Å². The molecule has 0 heterocycles. The van der Waals surface area contributed by atoms with E-state index >= 15 is 0 Å². The van der Waals surface area contributed by atoms with Gasteiger partial charge in [0.25, 0.3) is 0 Å². The Morgan fingerprint density at radius 1 is 1.07 bits per heavy atom. The summed E-state index contributed by atoms with van der Waals surface area (Å²) in [4.78, 5) is 28.7. The molecule has 1 atom stereocenters. The number of carboxylic acid groups (broad SMARTS) is 3. The van der Waals surface area contributed by atoms with Crippen LogP contribution in [-0.2, 0) is 14.4 Å². The first-order valence-electron chi connectivity index (χ1n) is 3.39. The van der Waals surface area contributed by atoms with Gasteiger partial charge in [-0.25, -0.2) is 9.59 Å². The molecule has 0 saturated carbocycles. The third kappa shape index (κ3) is 16.6. The van der Waals surface area contributed by atoms with E-state index in [0.29, 0.717) is 12.2 Å². The molecule has 0 spiro atoms. The lowest BCUT2D eigenvalue weighted by Crippen LogP contribution is -2.25. The fourth-order valence-corrected chi connectivity index (χ4v) is 0.143. The molecule has 0 bridgehead atoms. The zero-order valence-electron chi connectivity index (χ0n) is 7.38. The zero-order valence-corrected chi connectivity index (χ0v) is 7.38. The monoisotopic (exact) mass is 205 g/mol. The van der Waals surface area contributed by atoms with E-state index in [4.69, 9.17) is 21.1 Å². The number of hydrogen-bond donors (Lipinski definition) is 4. The van der Waals surface area contributed by atoms with Crippen LogP contribution in [0.2, 0.25) is 0 Å². The van der Waals surface area contributed by atoms with Crippen molar-refractivity contribution in [2.75, 3.05) is 0 Å². The minimum atomic E-state index is -1.26. The van der Waals surface area contributed by atoms with Gasteiger partial charge in [-0.15, -0.1) is 0 Å². The maximum atomic E-state index is 9.57. The van der Waals surface area contributed by atoms with E-state index in [-0.39, 0.29) is 0 Å². The highest BCUT2D eigenvalue weighted by Gasteiger charge is 1.99. The molecule has 7 heteroatoms. The van der Waals surface area contributed by atoms with Crippen LogP contribution in [0.1, 0.15) is 6.92 Å². The Kier molecular flexibility index (Phi) is 8.09. The quantitative estimate of drug-likeness (QED) is 0.439. The van der Waals surface area contributed by atoms with E-state index in [1.165, 1.54) is 6.92 Å². The van der Waals surface area contributed by atoms with Gasteiger partial charge >= 0.3 is 17.9 Å². The second kappa shape index (κ2) is 7.74. The number of nitrogens with two attached hydrogens (primary N) is 1. The number of rotatable bonds is 3. The molecule has 0 unspecified atom stereocenters. The van der Waals surface area contributed by atoms with Crippen LogP contribution in [-0.4, -0.2) is 39.3 Å². The van der Waals surface area contributed by atoms with Crippen LogP contribution in [0.4, 0.5) is 0 Å². The third-order valence-corrected chi connectivity index (χ3v) is 0.758. The summed E-state index contributed by atoms with van der Waals surface area (Å²) in [6, 6.07) is -0.731. The fourth-order valence-electron chi connectivity index (χ4n) is 0.143. The third-order valence-electron chi connectivity index (χ3n) is 0.758. The van der Waals surface area contributed by atoms with Crippen molar-refractivity contribution in [3.05, 3.63) is 12.2 Å². The fraction of sp³-hybridized carbons (Fsp3) is 0.286. The lowest BCUT2D eigenvalue weighted by atomic mass is 10.4. The van der Waals surface area contributed by atoms with Crippen LogP contribution in [0, 0.1) is 0 Å². The minimum Gasteiger partial charge on any atom is -0.480 e. The van der Waals surface area contributed by atoms with Crippen LogP contribution < -0.4 is 5.73 Å². The van der Waals surface area contributed by atoms with Crippen molar-refractivity contribution >= 4 is 17.9 Å². The highest BCUT2D eigenvalue weighted by molar-refractivity contribution is 5.89. The Morgan fingerprint density at radius 2 is 1.29 bits per heavy atom. The van der Waals surface area contributed by atoms with Crippen LogP contribution in [0.15, 0.2) is 12.2 Å². The molecule has 0 aliphatic heterocycles. The van der Waals surface area contributed by atoms with Crippen LogP contribution >= 0.6 is 0 Å². The Morgan fingerprint density at radius 3 is 1.36 bits per heavy atom. The molecule has 0 aromatic carbocycles. The molecule has 0 rings (SSSR count). The summed E-state index contributed by atoms with van der Waals surface area (Å²) >= 11 is 0. The van der Waals surface area contributed by atoms with Gasteiger partial charge in [0.2, 0.25) is 0 Å². The molecule has 0 radical (unpaired) electrons. The number of aliphatic carboxylic acids is 3. The predicted molar refractivity (Wildman–Crippen MR) is 45.7 cm³/mol. The summed E-state index contributed by atoms with van der Waals surface area (Å²) in [5.41, 5.74) is 4.84. The molecule has 80 valence electrons. The Balaban J connectivity index is 0. The second-order valence-electron chi connectivity index (χ2n) is 2.14. The molecule has 0 amide bonds. The summed E-state index contributed by atoms with van der Waals surface area (Å²) in [7, 11) is 0. The number of carboxylic acids is 3. The van der Waals surface area contributed by atoms with Gasteiger partial charge in [-0.05, 0) is 6.92 Å². The van der Waals surface area contributed by atoms with Gasteiger partial charge in [0, 0.05) is 12.2 Å². The summed E-state index contributed by atoms with van der Waals surface area (Å²) < 4.78 is 0. The highest BCUT2D eigenvalue weighted by Crippen LogP contribution is 1.70. The highest BCUT2D eigenvalue weighted by atomic mass is 16.4. The smallest absolute Gasteiger partial charge is 0.328 e. The Hall–Kier alpha value is -1.89. The van der Waals surface area contributed by atoms with Gasteiger partial charge in [-0.1, -0.05) is 0 Å². The van der Waals surface area contributed by atoms with E-state index in [0.717, 1.165) is 0 Å². The Labute approximate surface area is 79.5 Å². The van der Waals surface area contributed by atoms with Gasteiger partial charge < -0.3 is 21.1 Å². The molecule has 0 aliphatic rings. The Bertz CT molecular complexity index is 229. The molecular weight excluding hydrogens is 194 g/mol. The van der Waals surface area contributed by atoms with Crippen molar-refractivity contribution in [3.63, 3.8) is 0 Å². The number of hydrogen-bond acceptors (Lipinski definition) is 4. The first-order valence-corrected chi connectivity index (χ1v) is 3.39. The summed E-state index contributed by atoms with van der Waals surface area (Å²) in [5, 5.41) is 23.5. The van der Waals surface area contributed by atoms with E-state index in [9.17, 15) is 14.4 Å². The molecule has 0 aromatic rings. The predicted octanol–water partition coefficient (Wildman–Crippen LogP) is -0.870. The average molecular weight is 205 g/mol. The second-order valence-corrected chi connectivity index (χ2v) is 2.14. The summed E-state index contributed by atoms with van der Waals surface area (Å²) in [6.07, 6.45) is 1.12. The molecule has 14 heavy (non-hydrogen) atoms. The molecule has 0 saturated heterocycles. The standard InChI is InChI=1S/C4H4O4.C3H7NO2/c5-3(6)1-2-4(7)8;1-2(4)3(5)6/h1-2H,(H,5,6)(H,7,8);2H,4H2,1H3,(H,5,6)/t;2-/m.1/s1. The van der Waals surface area contributed by atoms with E-state index in [1.807, 2.05) is 0 Å². The molecular formula is C7H11NO6. The largest absolute Gasteiger partial charge is 0.480 e. The van der Waals surface area contributed by atoms with Crippen molar-refractivity contribution < 1.29 is 29.7 Å².